The summed E-state index contributed by atoms with van der Waals surface area (Å²) in [6.07, 6.45) is 1.58. The topological polar surface area (TPSA) is 76.7 Å². The van der Waals surface area contributed by atoms with Crippen LogP contribution in [-0.2, 0) is 11.4 Å². The van der Waals surface area contributed by atoms with E-state index in [0.29, 0.717) is 17.4 Å². The predicted molar refractivity (Wildman–Crippen MR) is 125 cm³/mol. The van der Waals surface area contributed by atoms with Crippen molar-refractivity contribution < 1.29 is 13.9 Å². The molecule has 31 heavy (non-hydrogen) atoms. The number of hydrogen-bond acceptors (Lipinski definition) is 6. The summed E-state index contributed by atoms with van der Waals surface area (Å²) < 4.78 is 12.2. The van der Waals surface area contributed by atoms with Crippen molar-refractivity contribution in [3.05, 3.63) is 88.4 Å². The van der Waals surface area contributed by atoms with Crippen molar-refractivity contribution in [2.45, 2.75) is 11.8 Å². The second kappa shape index (κ2) is 10.3. The summed E-state index contributed by atoms with van der Waals surface area (Å²) in [4.78, 5) is 16.3. The van der Waals surface area contributed by atoms with Gasteiger partial charge in [0, 0.05) is 0 Å². The molecule has 0 atom stereocenters. The van der Waals surface area contributed by atoms with E-state index < -0.39 is 0 Å². The third-order valence-electron chi connectivity index (χ3n) is 4.20. The fraction of sp³-hybridized carbons (Fsp3) is 0.0870. The third kappa shape index (κ3) is 5.96. The molecule has 0 aliphatic heterocycles. The van der Waals surface area contributed by atoms with Gasteiger partial charge in [0.25, 0.3) is 11.1 Å². The van der Waals surface area contributed by atoms with Crippen molar-refractivity contribution in [3.8, 4) is 5.75 Å². The van der Waals surface area contributed by atoms with Crippen molar-refractivity contribution in [2.75, 3.05) is 5.75 Å². The number of oxazole rings is 1. The minimum atomic E-state index is -0.245. The SMILES string of the molecule is O=C(CSc1nc2ccccc2o1)N/N=C\c1ccc(OCc2ccccc2)c(Br)c1. The first-order valence-electron chi connectivity index (χ1n) is 9.44. The molecular weight excluding hydrogens is 478 g/mol. The fourth-order valence-electron chi connectivity index (χ4n) is 2.70. The molecule has 0 aliphatic rings. The van der Waals surface area contributed by atoms with Gasteiger partial charge in [-0.2, -0.15) is 5.10 Å². The normalized spacial score (nSPS) is 11.1. The van der Waals surface area contributed by atoms with Crippen molar-refractivity contribution in [3.63, 3.8) is 0 Å². The molecule has 0 fully saturated rings. The van der Waals surface area contributed by atoms with Gasteiger partial charge in [0.15, 0.2) is 5.58 Å². The van der Waals surface area contributed by atoms with Crippen LogP contribution >= 0.6 is 27.7 Å². The van der Waals surface area contributed by atoms with Gasteiger partial charge in [-0.15, -0.1) is 0 Å². The second-order valence-corrected chi connectivity index (χ2v) is 8.27. The van der Waals surface area contributed by atoms with Crippen molar-refractivity contribution in [2.24, 2.45) is 5.10 Å². The number of carbonyl (C=O) groups is 1. The van der Waals surface area contributed by atoms with E-state index in [1.54, 1.807) is 6.21 Å². The highest BCUT2D eigenvalue weighted by atomic mass is 79.9. The Bertz CT molecular complexity index is 1180. The van der Waals surface area contributed by atoms with E-state index in [2.05, 4.69) is 31.4 Å². The van der Waals surface area contributed by atoms with Crippen LogP contribution in [0, 0.1) is 0 Å². The molecule has 0 unspecified atom stereocenters. The molecule has 6 nitrogen and oxygen atoms in total. The molecule has 4 aromatic rings. The van der Waals surface area contributed by atoms with Crippen LogP contribution in [0.3, 0.4) is 0 Å². The molecule has 1 heterocycles. The van der Waals surface area contributed by atoms with Gasteiger partial charge in [-0.3, -0.25) is 4.79 Å². The lowest BCUT2D eigenvalue weighted by molar-refractivity contribution is -0.118. The zero-order valence-corrected chi connectivity index (χ0v) is 18.7. The smallest absolute Gasteiger partial charge is 0.257 e. The number of hydrazone groups is 1. The number of rotatable bonds is 8. The highest BCUT2D eigenvalue weighted by Crippen LogP contribution is 2.26. The first kappa shape index (κ1) is 21.1. The minimum absolute atomic E-state index is 0.153. The van der Waals surface area contributed by atoms with Gasteiger partial charge in [0.1, 0.15) is 17.9 Å². The molecule has 0 radical (unpaired) electrons. The molecule has 1 aromatic heterocycles. The highest BCUT2D eigenvalue weighted by molar-refractivity contribution is 9.10. The number of ether oxygens (including phenoxy) is 1. The number of halogens is 1. The number of benzene rings is 3. The van der Waals surface area contributed by atoms with Gasteiger partial charge in [0.05, 0.1) is 16.4 Å². The van der Waals surface area contributed by atoms with Gasteiger partial charge >= 0.3 is 0 Å². The standard InChI is InChI=1S/C23H18BrN3O3S/c24-18-12-17(10-11-20(18)29-14-16-6-2-1-3-7-16)13-25-27-22(28)15-31-23-26-19-8-4-5-9-21(19)30-23/h1-13H,14-15H2,(H,27,28)/b25-13-. The maximum atomic E-state index is 12.0. The van der Waals surface area contributed by atoms with E-state index in [0.717, 1.165) is 26.9 Å². The Labute approximate surface area is 191 Å². The molecule has 0 saturated carbocycles. The summed E-state index contributed by atoms with van der Waals surface area (Å²) in [5.41, 5.74) is 5.90. The molecule has 3 aromatic carbocycles. The molecule has 0 bridgehead atoms. The Kier molecular flexibility index (Phi) is 7.01. The minimum Gasteiger partial charge on any atom is -0.488 e. The van der Waals surface area contributed by atoms with Crippen LogP contribution in [0.15, 0.2) is 92.0 Å². The Morgan fingerprint density at radius 3 is 2.74 bits per heavy atom. The number of amides is 1. The van der Waals surface area contributed by atoms with Crippen molar-refractivity contribution >= 4 is 50.9 Å². The summed E-state index contributed by atoms with van der Waals surface area (Å²) in [7, 11) is 0. The molecule has 4 rings (SSSR count). The van der Waals surface area contributed by atoms with Gasteiger partial charge in [-0.25, -0.2) is 10.4 Å². The Hall–Kier alpha value is -3.10. The van der Waals surface area contributed by atoms with Crippen LogP contribution in [0.25, 0.3) is 11.1 Å². The maximum absolute atomic E-state index is 12.0. The lowest BCUT2D eigenvalue weighted by Crippen LogP contribution is -2.19. The van der Waals surface area contributed by atoms with Gasteiger partial charge < -0.3 is 9.15 Å². The first-order valence-corrected chi connectivity index (χ1v) is 11.2. The largest absolute Gasteiger partial charge is 0.488 e. The number of aromatic nitrogens is 1. The summed E-state index contributed by atoms with van der Waals surface area (Å²) in [6, 6.07) is 23.0. The monoisotopic (exact) mass is 495 g/mol. The van der Waals surface area contributed by atoms with E-state index >= 15 is 0 Å². The van der Waals surface area contributed by atoms with Crippen LogP contribution in [0.5, 0.6) is 5.75 Å². The zero-order chi connectivity index (χ0) is 21.5. The van der Waals surface area contributed by atoms with Crippen molar-refractivity contribution in [1.29, 1.82) is 0 Å². The maximum Gasteiger partial charge on any atom is 0.257 e. The van der Waals surface area contributed by atoms with Crippen LogP contribution < -0.4 is 10.2 Å². The van der Waals surface area contributed by atoms with Crippen LogP contribution in [0.4, 0.5) is 0 Å². The molecule has 0 spiro atoms. The number of para-hydroxylation sites is 2. The predicted octanol–water partition coefficient (Wildman–Crippen LogP) is 5.41. The molecule has 0 saturated heterocycles. The molecular formula is C23H18BrN3O3S. The van der Waals surface area contributed by atoms with E-state index in [-0.39, 0.29) is 11.7 Å². The number of nitrogens with one attached hydrogen (secondary N) is 1. The van der Waals surface area contributed by atoms with Crippen LogP contribution in [0.1, 0.15) is 11.1 Å². The molecule has 8 heteroatoms. The number of carbonyl (C=O) groups excluding carboxylic acids is 1. The zero-order valence-electron chi connectivity index (χ0n) is 16.3. The van der Waals surface area contributed by atoms with Gasteiger partial charge in [-0.1, -0.05) is 54.2 Å². The first-order chi connectivity index (χ1) is 15.2. The third-order valence-corrected chi connectivity index (χ3v) is 5.64. The Morgan fingerprint density at radius 1 is 1.13 bits per heavy atom. The highest BCUT2D eigenvalue weighted by Gasteiger charge is 2.08. The summed E-state index contributed by atoms with van der Waals surface area (Å²) in [5, 5.41) is 4.46. The number of fused-ring (bicyclic) bond motifs is 1. The number of nitrogens with zero attached hydrogens (tertiary/aromatic N) is 2. The quantitative estimate of drug-likeness (QED) is 0.201. The molecule has 156 valence electrons. The molecule has 0 aliphatic carbocycles. The Balaban J connectivity index is 1.26. The average molecular weight is 496 g/mol. The van der Waals surface area contributed by atoms with E-state index in [1.807, 2.05) is 72.8 Å². The van der Waals surface area contributed by atoms with Crippen LogP contribution in [-0.4, -0.2) is 22.9 Å². The summed E-state index contributed by atoms with van der Waals surface area (Å²) in [5.74, 6) is 0.644. The molecule has 1 amide bonds. The lowest BCUT2D eigenvalue weighted by atomic mass is 10.2. The van der Waals surface area contributed by atoms with Gasteiger partial charge in [0.2, 0.25) is 0 Å². The second-order valence-electron chi connectivity index (χ2n) is 6.49. The Morgan fingerprint density at radius 2 is 1.94 bits per heavy atom. The fourth-order valence-corrected chi connectivity index (χ4v) is 3.84. The number of hydrogen-bond donors (Lipinski definition) is 1. The van der Waals surface area contributed by atoms with E-state index in [1.165, 1.54) is 11.8 Å². The van der Waals surface area contributed by atoms with E-state index in [9.17, 15) is 4.79 Å². The lowest BCUT2D eigenvalue weighted by Gasteiger charge is -2.08. The summed E-state index contributed by atoms with van der Waals surface area (Å²) >= 11 is 4.73. The van der Waals surface area contributed by atoms with E-state index in [4.69, 9.17) is 9.15 Å². The van der Waals surface area contributed by atoms with Gasteiger partial charge in [-0.05, 0) is 57.4 Å². The average Bonchev–Trinajstić information content (AvgIpc) is 3.21. The van der Waals surface area contributed by atoms with Crippen LogP contribution in [0.2, 0.25) is 0 Å². The summed E-state index contributed by atoms with van der Waals surface area (Å²) in [6.45, 7) is 0.487. The molecule has 1 N–H and O–H groups in total. The number of thioether (sulfide) groups is 1. The van der Waals surface area contributed by atoms with Crippen molar-refractivity contribution in [1.82, 2.24) is 10.4 Å².